The first kappa shape index (κ1) is 15.3. The third-order valence-electron chi connectivity index (χ3n) is 3.40. The van der Waals surface area contributed by atoms with E-state index in [2.05, 4.69) is 9.97 Å². The van der Waals surface area contributed by atoms with Gasteiger partial charge in [0.2, 0.25) is 0 Å². The van der Waals surface area contributed by atoms with Crippen LogP contribution in [-0.4, -0.2) is 39.0 Å². The highest BCUT2D eigenvalue weighted by Crippen LogP contribution is 2.14. The van der Waals surface area contributed by atoms with E-state index in [1.54, 1.807) is 11.1 Å². The van der Waals surface area contributed by atoms with E-state index in [-0.39, 0.29) is 12.5 Å². The van der Waals surface area contributed by atoms with Gasteiger partial charge in [-0.1, -0.05) is 25.1 Å². The zero-order chi connectivity index (χ0) is 15.2. The number of aromatic nitrogens is 2. The third kappa shape index (κ3) is 3.70. The number of hydrogen-bond acceptors (Lipinski definition) is 3. The zero-order valence-electron chi connectivity index (χ0n) is 12.5. The maximum Gasteiger partial charge on any atom is 0.254 e. The Morgan fingerprint density at radius 1 is 1.38 bits per heavy atom. The Kier molecular flexibility index (Phi) is 5.11. The molecule has 0 aliphatic carbocycles. The highest BCUT2D eigenvalue weighted by molar-refractivity contribution is 5.95. The molecule has 2 rings (SSSR count). The lowest BCUT2D eigenvalue weighted by molar-refractivity contribution is 0.0704. The zero-order valence-corrected chi connectivity index (χ0v) is 12.5. The van der Waals surface area contributed by atoms with Crippen LogP contribution in [-0.2, 0) is 13.0 Å². The lowest BCUT2D eigenvalue weighted by atomic mass is 10.0. The average Bonchev–Trinajstić information content (AvgIpc) is 2.91. The van der Waals surface area contributed by atoms with Crippen molar-refractivity contribution >= 4 is 5.91 Å². The molecule has 21 heavy (non-hydrogen) atoms. The lowest BCUT2D eigenvalue weighted by Crippen LogP contribution is -2.33. The van der Waals surface area contributed by atoms with E-state index in [1.165, 1.54) is 0 Å². The number of hydrogen-bond donors (Lipinski definition) is 2. The highest BCUT2D eigenvalue weighted by atomic mass is 16.3. The summed E-state index contributed by atoms with van der Waals surface area (Å²) < 4.78 is 0. The number of aryl methyl sites for hydroxylation is 2. The van der Waals surface area contributed by atoms with Crippen molar-refractivity contribution in [1.29, 1.82) is 0 Å². The number of H-pyrrole nitrogens is 1. The van der Waals surface area contributed by atoms with E-state index in [4.69, 9.17) is 0 Å². The fraction of sp³-hybridized carbons (Fsp3) is 0.375. The summed E-state index contributed by atoms with van der Waals surface area (Å²) in [4.78, 5) is 21.6. The predicted molar refractivity (Wildman–Crippen MR) is 81.0 cm³/mol. The molecule has 112 valence electrons. The molecule has 0 atom stereocenters. The topological polar surface area (TPSA) is 69.2 Å². The van der Waals surface area contributed by atoms with E-state index in [1.807, 2.05) is 38.1 Å². The minimum absolute atomic E-state index is 0.0613. The highest BCUT2D eigenvalue weighted by Gasteiger charge is 2.18. The second-order valence-corrected chi connectivity index (χ2v) is 4.95. The summed E-state index contributed by atoms with van der Waals surface area (Å²) in [6.45, 7) is 4.55. The molecule has 0 saturated carbocycles. The Labute approximate surface area is 124 Å². The Bertz CT molecular complexity index is 607. The molecular weight excluding hydrogens is 266 g/mol. The molecule has 0 radical (unpaired) electrons. The molecule has 0 bridgehead atoms. The third-order valence-corrected chi connectivity index (χ3v) is 3.40. The molecule has 1 aromatic carbocycles. The van der Waals surface area contributed by atoms with Crippen LogP contribution in [0.2, 0.25) is 0 Å². The lowest BCUT2D eigenvalue weighted by Gasteiger charge is -2.22. The van der Waals surface area contributed by atoms with Crippen LogP contribution in [0.1, 0.15) is 34.4 Å². The van der Waals surface area contributed by atoms with Gasteiger partial charge >= 0.3 is 0 Å². The minimum atomic E-state index is -0.0624. The van der Waals surface area contributed by atoms with Gasteiger partial charge in [0.05, 0.1) is 25.0 Å². The van der Waals surface area contributed by atoms with Crippen molar-refractivity contribution < 1.29 is 9.90 Å². The molecule has 0 saturated heterocycles. The van der Waals surface area contributed by atoms with Gasteiger partial charge in [-0.15, -0.1) is 0 Å². The van der Waals surface area contributed by atoms with Crippen molar-refractivity contribution in [2.45, 2.75) is 26.8 Å². The molecule has 1 heterocycles. The molecule has 0 unspecified atom stereocenters. The molecule has 0 fully saturated rings. The predicted octanol–water partition coefficient (Wildman–Crippen LogP) is 1.92. The number of imidazole rings is 1. The summed E-state index contributed by atoms with van der Waals surface area (Å²) in [5.74, 6) is 0.754. The Morgan fingerprint density at radius 2 is 2.14 bits per heavy atom. The minimum Gasteiger partial charge on any atom is -0.395 e. The fourth-order valence-corrected chi connectivity index (χ4v) is 2.34. The Balaban J connectivity index is 2.22. The molecule has 1 amide bonds. The number of benzene rings is 1. The molecule has 0 spiro atoms. The first-order chi connectivity index (χ1) is 10.2. The summed E-state index contributed by atoms with van der Waals surface area (Å²) in [7, 11) is 0. The second kappa shape index (κ2) is 7.04. The van der Waals surface area contributed by atoms with Crippen LogP contribution < -0.4 is 0 Å². The van der Waals surface area contributed by atoms with Crippen molar-refractivity contribution in [3.05, 3.63) is 53.1 Å². The van der Waals surface area contributed by atoms with E-state index in [9.17, 15) is 9.90 Å². The van der Waals surface area contributed by atoms with E-state index >= 15 is 0 Å². The summed E-state index contributed by atoms with van der Waals surface area (Å²) in [6.07, 6.45) is 2.52. The maximum absolute atomic E-state index is 12.7. The number of rotatable bonds is 6. The molecule has 0 aliphatic rings. The molecular formula is C16H21N3O2. The van der Waals surface area contributed by atoms with Crippen LogP contribution in [0, 0.1) is 6.92 Å². The van der Waals surface area contributed by atoms with E-state index in [0.29, 0.717) is 18.7 Å². The first-order valence-corrected chi connectivity index (χ1v) is 7.14. The summed E-state index contributed by atoms with van der Waals surface area (Å²) >= 11 is 0. The number of nitrogens with zero attached hydrogens (tertiary/aromatic N) is 2. The van der Waals surface area contributed by atoms with Crippen LogP contribution in [0.4, 0.5) is 0 Å². The van der Waals surface area contributed by atoms with Gasteiger partial charge in [-0.25, -0.2) is 4.98 Å². The van der Waals surface area contributed by atoms with Crippen LogP contribution in [0.25, 0.3) is 0 Å². The maximum atomic E-state index is 12.7. The van der Waals surface area contributed by atoms with Crippen LogP contribution in [0.5, 0.6) is 0 Å². The number of carbonyl (C=O) groups is 1. The van der Waals surface area contributed by atoms with Gasteiger partial charge in [0.15, 0.2) is 0 Å². The fourth-order valence-electron chi connectivity index (χ4n) is 2.34. The molecule has 2 aromatic rings. The summed E-state index contributed by atoms with van der Waals surface area (Å²) in [5.41, 5.74) is 2.58. The molecule has 0 aliphatic heterocycles. The van der Waals surface area contributed by atoms with Crippen LogP contribution in [0.3, 0.4) is 0 Å². The summed E-state index contributed by atoms with van der Waals surface area (Å²) in [6, 6.07) is 7.60. The van der Waals surface area contributed by atoms with Crippen molar-refractivity contribution in [1.82, 2.24) is 14.9 Å². The SMILES string of the molecule is CCc1ccccc1C(=O)N(CCO)Cc1cnc(C)[nH]1. The first-order valence-electron chi connectivity index (χ1n) is 7.14. The number of amides is 1. The van der Waals surface area contributed by atoms with Gasteiger partial charge in [-0.05, 0) is 25.0 Å². The quantitative estimate of drug-likeness (QED) is 0.852. The van der Waals surface area contributed by atoms with Crippen molar-refractivity contribution in [3.8, 4) is 0 Å². The van der Waals surface area contributed by atoms with Gasteiger partial charge in [0, 0.05) is 12.1 Å². The van der Waals surface area contributed by atoms with Gasteiger partial charge in [-0.2, -0.15) is 0 Å². The number of nitrogens with one attached hydrogen (secondary N) is 1. The number of aliphatic hydroxyl groups is 1. The average molecular weight is 287 g/mol. The van der Waals surface area contributed by atoms with Crippen molar-refractivity contribution in [2.24, 2.45) is 0 Å². The van der Waals surface area contributed by atoms with Crippen molar-refractivity contribution in [3.63, 3.8) is 0 Å². The molecule has 2 N–H and O–H groups in total. The normalized spacial score (nSPS) is 10.6. The van der Waals surface area contributed by atoms with Gasteiger partial charge in [-0.3, -0.25) is 4.79 Å². The molecule has 5 nitrogen and oxygen atoms in total. The van der Waals surface area contributed by atoms with Gasteiger partial charge in [0.25, 0.3) is 5.91 Å². The van der Waals surface area contributed by atoms with Crippen molar-refractivity contribution in [2.75, 3.05) is 13.2 Å². The molecule has 5 heteroatoms. The number of carbonyl (C=O) groups excluding carboxylic acids is 1. The van der Waals surface area contributed by atoms with Crippen LogP contribution in [0.15, 0.2) is 30.5 Å². The largest absolute Gasteiger partial charge is 0.395 e. The van der Waals surface area contributed by atoms with Gasteiger partial charge in [0.1, 0.15) is 5.82 Å². The second-order valence-electron chi connectivity index (χ2n) is 4.95. The van der Waals surface area contributed by atoms with E-state index in [0.717, 1.165) is 23.5 Å². The monoisotopic (exact) mass is 287 g/mol. The van der Waals surface area contributed by atoms with Gasteiger partial charge < -0.3 is 15.0 Å². The molecule has 1 aromatic heterocycles. The Hall–Kier alpha value is -2.14. The number of aliphatic hydroxyl groups excluding tert-OH is 1. The number of aromatic amines is 1. The van der Waals surface area contributed by atoms with E-state index < -0.39 is 0 Å². The standard InChI is InChI=1S/C16H21N3O2/c1-3-13-6-4-5-7-15(13)16(21)19(8-9-20)11-14-10-17-12(2)18-14/h4-7,10,20H,3,8-9,11H2,1-2H3,(H,17,18). The summed E-state index contributed by atoms with van der Waals surface area (Å²) in [5, 5.41) is 9.22. The Morgan fingerprint density at radius 3 is 2.76 bits per heavy atom. The smallest absolute Gasteiger partial charge is 0.254 e. The van der Waals surface area contributed by atoms with Crippen LogP contribution >= 0.6 is 0 Å².